The summed E-state index contributed by atoms with van der Waals surface area (Å²) in [5.41, 5.74) is 2.16. The number of rotatable bonds is 7. The predicted molar refractivity (Wildman–Crippen MR) is 124 cm³/mol. The number of anilines is 1. The summed E-state index contributed by atoms with van der Waals surface area (Å²) in [6.07, 6.45) is 4.83. The lowest BCUT2D eigenvalue weighted by Gasteiger charge is -2.35. The topological polar surface area (TPSA) is 89.3 Å². The molecule has 0 radical (unpaired) electrons. The van der Waals surface area contributed by atoms with Crippen LogP contribution >= 0.6 is 0 Å². The van der Waals surface area contributed by atoms with E-state index in [0.29, 0.717) is 55.8 Å². The van der Waals surface area contributed by atoms with Crippen LogP contribution in [0.15, 0.2) is 48.3 Å². The van der Waals surface area contributed by atoms with Gasteiger partial charge in [-0.25, -0.2) is 9.37 Å². The number of pyridine rings is 1. The Bertz CT molecular complexity index is 1070. The van der Waals surface area contributed by atoms with Gasteiger partial charge in [0.2, 0.25) is 5.91 Å². The molecule has 1 saturated heterocycles. The number of carbonyl (C=O) groups excluding carboxylic acids is 2. The molecule has 3 rings (SSSR count). The Morgan fingerprint density at radius 3 is 2.58 bits per heavy atom. The highest BCUT2D eigenvalue weighted by Crippen LogP contribution is 2.16. The Morgan fingerprint density at radius 2 is 1.94 bits per heavy atom. The first kappa shape index (κ1) is 23.9. The zero-order valence-electron chi connectivity index (χ0n) is 19.0. The Morgan fingerprint density at radius 1 is 1.18 bits per heavy atom. The van der Waals surface area contributed by atoms with Crippen molar-refractivity contribution < 1.29 is 14.0 Å². The average Bonchev–Trinajstić information content (AvgIpc) is 2.84. The fourth-order valence-corrected chi connectivity index (χ4v) is 3.74. The third kappa shape index (κ3) is 6.39. The molecule has 1 aromatic carbocycles. The maximum Gasteiger partial charge on any atom is 0.255 e. The summed E-state index contributed by atoms with van der Waals surface area (Å²) in [6.45, 7) is 6.21. The molecule has 2 aromatic rings. The van der Waals surface area contributed by atoms with Gasteiger partial charge in [0.15, 0.2) is 0 Å². The minimum Gasteiger partial charge on any atom is -0.353 e. The Kier molecular flexibility index (Phi) is 8.14. The van der Waals surface area contributed by atoms with E-state index in [0.717, 1.165) is 5.82 Å². The first-order valence-corrected chi connectivity index (χ1v) is 11.1. The maximum absolute atomic E-state index is 13.6. The van der Waals surface area contributed by atoms with Crippen molar-refractivity contribution in [3.8, 4) is 6.07 Å². The summed E-state index contributed by atoms with van der Waals surface area (Å²) in [5.74, 6) is -0.00905. The molecule has 33 heavy (non-hydrogen) atoms. The number of hydrogen-bond donors (Lipinski definition) is 1. The van der Waals surface area contributed by atoms with Gasteiger partial charge in [0, 0.05) is 50.1 Å². The first-order chi connectivity index (χ1) is 15.9. The number of benzene rings is 1. The summed E-state index contributed by atoms with van der Waals surface area (Å²) >= 11 is 0. The van der Waals surface area contributed by atoms with Gasteiger partial charge in [-0.05, 0) is 49.6 Å². The molecule has 1 N–H and O–H groups in total. The maximum atomic E-state index is 13.6. The largest absolute Gasteiger partial charge is 0.353 e. The van der Waals surface area contributed by atoms with Crippen LogP contribution in [0.1, 0.15) is 47.7 Å². The number of aryl methyl sites for hydroxylation is 1. The average molecular weight is 450 g/mol. The number of hydrogen-bond acceptors (Lipinski definition) is 5. The van der Waals surface area contributed by atoms with Gasteiger partial charge in [-0.2, -0.15) is 5.26 Å². The van der Waals surface area contributed by atoms with Crippen molar-refractivity contribution in [1.82, 2.24) is 15.2 Å². The van der Waals surface area contributed by atoms with Crippen LogP contribution in [0, 0.1) is 24.1 Å². The standard InChI is InChI=1S/C25H28FN5O2/c1-3-4-21(29-25(33)22-15-20(26)7-5-18(22)2)8-10-24(32)31-13-11-30(12-14-31)23-9-6-19(16-27)17-28-23/h4-7,9,15,17H,3,8,10-14H2,1-2H3,(H,29,33)/b21-4+. The number of nitrogens with zero attached hydrogens (tertiary/aromatic N) is 4. The number of nitriles is 1. The lowest BCUT2D eigenvalue weighted by Crippen LogP contribution is -2.49. The van der Waals surface area contributed by atoms with Crippen molar-refractivity contribution in [2.24, 2.45) is 0 Å². The van der Waals surface area contributed by atoms with Crippen LogP contribution in [0.25, 0.3) is 0 Å². The fraction of sp³-hybridized carbons (Fsp3) is 0.360. The Balaban J connectivity index is 1.52. The lowest BCUT2D eigenvalue weighted by atomic mass is 10.1. The number of carbonyl (C=O) groups is 2. The van der Waals surface area contributed by atoms with Crippen LogP contribution in [0.4, 0.5) is 10.2 Å². The zero-order chi connectivity index (χ0) is 23.8. The third-order valence-electron chi connectivity index (χ3n) is 5.61. The number of allylic oxidation sites excluding steroid dienone is 2. The quantitative estimate of drug-likeness (QED) is 0.698. The molecule has 0 bridgehead atoms. The van der Waals surface area contributed by atoms with Crippen LogP contribution in [0.5, 0.6) is 0 Å². The van der Waals surface area contributed by atoms with E-state index in [-0.39, 0.29) is 23.8 Å². The van der Waals surface area contributed by atoms with E-state index < -0.39 is 5.82 Å². The molecule has 0 aliphatic carbocycles. The van der Waals surface area contributed by atoms with Gasteiger partial charge < -0.3 is 15.1 Å². The second-order valence-electron chi connectivity index (χ2n) is 7.94. The van der Waals surface area contributed by atoms with Crippen LogP contribution in [-0.2, 0) is 4.79 Å². The second-order valence-corrected chi connectivity index (χ2v) is 7.94. The van der Waals surface area contributed by atoms with E-state index in [4.69, 9.17) is 5.26 Å². The van der Waals surface area contributed by atoms with Crippen LogP contribution < -0.4 is 10.2 Å². The Hall–Kier alpha value is -3.73. The molecule has 1 aliphatic rings. The second kappa shape index (κ2) is 11.2. The van der Waals surface area contributed by atoms with E-state index in [1.807, 2.05) is 24.0 Å². The summed E-state index contributed by atoms with van der Waals surface area (Å²) in [6, 6.07) is 9.73. The van der Waals surface area contributed by atoms with Crippen molar-refractivity contribution in [3.63, 3.8) is 0 Å². The SMILES string of the molecule is CC/C=C(\CCC(=O)N1CCN(c2ccc(C#N)cn2)CC1)NC(=O)c1cc(F)ccc1C. The van der Waals surface area contributed by atoms with Crippen LogP contribution in [0.2, 0.25) is 0 Å². The molecule has 0 spiro atoms. The highest BCUT2D eigenvalue weighted by atomic mass is 19.1. The van der Waals surface area contributed by atoms with Gasteiger partial charge >= 0.3 is 0 Å². The minimum absolute atomic E-state index is 0.0284. The molecule has 0 saturated carbocycles. The lowest BCUT2D eigenvalue weighted by molar-refractivity contribution is -0.131. The number of amides is 2. The van der Waals surface area contributed by atoms with Gasteiger partial charge in [-0.3, -0.25) is 9.59 Å². The zero-order valence-corrected chi connectivity index (χ0v) is 19.0. The molecule has 0 atom stereocenters. The molecule has 7 nitrogen and oxygen atoms in total. The van der Waals surface area contributed by atoms with Crippen molar-refractivity contribution in [1.29, 1.82) is 5.26 Å². The summed E-state index contributed by atoms with van der Waals surface area (Å²) in [4.78, 5) is 33.6. The molecular formula is C25H28FN5O2. The van der Waals surface area contributed by atoms with E-state index in [2.05, 4.69) is 21.3 Å². The highest BCUT2D eigenvalue weighted by Gasteiger charge is 2.22. The number of piperazine rings is 1. The van der Waals surface area contributed by atoms with E-state index >= 15 is 0 Å². The molecule has 8 heteroatoms. The normalized spacial score (nSPS) is 14.1. The molecular weight excluding hydrogens is 421 g/mol. The van der Waals surface area contributed by atoms with Crippen molar-refractivity contribution in [3.05, 3.63) is 70.8 Å². The molecule has 1 aliphatic heterocycles. The van der Waals surface area contributed by atoms with Gasteiger partial charge in [0.05, 0.1) is 5.56 Å². The fourth-order valence-electron chi connectivity index (χ4n) is 3.74. The number of halogens is 1. The summed E-state index contributed by atoms with van der Waals surface area (Å²) in [5, 5.41) is 11.7. The molecule has 2 heterocycles. The molecule has 0 unspecified atom stereocenters. The Labute approximate surface area is 193 Å². The van der Waals surface area contributed by atoms with Gasteiger partial charge in [0.1, 0.15) is 17.7 Å². The van der Waals surface area contributed by atoms with Crippen LogP contribution in [0.3, 0.4) is 0 Å². The highest BCUT2D eigenvalue weighted by molar-refractivity contribution is 5.96. The van der Waals surface area contributed by atoms with Crippen molar-refractivity contribution >= 4 is 17.6 Å². The number of nitrogens with one attached hydrogen (secondary N) is 1. The van der Waals surface area contributed by atoms with E-state index in [9.17, 15) is 14.0 Å². The molecule has 2 amide bonds. The van der Waals surface area contributed by atoms with Gasteiger partial charge in [0.25, 0.3) is 5.91 Å². The van der Waals surface area contributed by atoms with Crippen molar-refractivity contribution in [2.45, 2.75) is 33.1 Å². The molecule has 1 aromatic heterocycles. The summed E-state index contributed by atoms with van der Waals surface area (Å²) < 4.78 is 13.6. The van der Waals surface area contributed by atoms with E-state index in [1.54, 1.807) is 25.3 Å². The molecule has 1 fully saturated rings. The first-order valence-electron chi connectivity index (χ1n) is 11.1. The van der Waals surface area contributed by atoms with Crippen molar-refractivity contribution in [2.75, 3.05) is 31.1 Å². The number of aromatic nitrogens is 1. The predicted octanol–water partition coefficient (Wildman–Crippen LogP) is 3.55. The van der Waals surface area contributed by atoms with Gasteiger partial charge in [-0.15, -0.1) is 0 Å². The van der Waals surface area contributed by atoms with E-state index in [1.165, 1.54) is 12.1 Å². The van der Waals surface area contributed by atoms with Crippen LogP contribution in [-0.4, -0.2) is 47.9 Å². The summed E-state index contributed by atoms with van der Waals surface area (Å²) in [7, 11) is 0. The monoisotopic (exact) mass is 449 g/mol. The minimum atomic E-state index is -0.461. The molecule has 172 valence electrons. The third-order valence-corrected chi connectivity index (χ3v) is 5.61. The van der Waals surface area contributed by atoms with Gasteiger partial charge in [-0.1, -0.05) is 19.1 Å². The smallest absolute Gasteiger partial charge is 0.255 e.